The molecule has 10 nitrogen and oxygen atoms in total. The van der Waals surface area contributed by atoms with Crippen molar-refractivity contribution >= 4 is 17.6 Å². The first kappa shape index (κ1) is 22.9. The molecule has 0 aromatic carbocycles. The fourth-order valence-electron chi connectivity index (χ4n) is 3.12. The predicted molar refractivity (Wildman–Crippen MR) is 106 cm³/mol. The monoisotopic (exact) mass is 427 g/mol. The van der Waals surface area contributed by atoms with Crippen LogP contribution in [0.2, 0.25) is 5.15 Å². The molecule has 1 aromatic rings. The molecule has 160 valence electrons. The lowest BCUT2D eigenvalue weighted by atomic mass is 10.2. The van der Waals surface area contributed by atoms with Crippen molar-refractivity contribution in [2.45, 2.75) is 19.9 Å². The smallest absolute Gasteiger partial charge is 0.320 e. The fourth-order valence-corrected chi connectivity index (χ4v) is 3.24. The molecule has 0 radical (unpaired) electrons. The van der Waals surface area contributed by atoms with Gasteiger partial charge >= 0.3 is 5.97 Å². The van der Waals surface area contributed by atoms with E-state index < -0.39 is 10.9 Å². The van der Waals surface area contributed by atoms with Crippen LogP contribution in [0.5, 0.6) is 0 Å². The van der Waals surface area contributed by atoms with Crippen LogP contribution in [0, 0.1) is 10.1 Å². The summed E-state index contributed by atoms with van der Waals surface area (Å²) in [6.07, 6.45) is 2.01. The highest BCUT2D eigenvalue weighted by atomic mass is 35.5. The summed E-state index contributed by atoms with van der Waals surface area (Å²) in [4.78, 5) is 32.7. The third-order valence-electron chi connectivity index (χ3n) is 4.39. The number of halogens is 1. The Kier molecular flexibility index (Phi) is 8.62. The zero-order chi connectivity index (χ0) is 21.4. The minimum Gasteiger partial charge on any atom is -0.465 e. The lowest BCUT2D eigenvalue weighted by Crippen LogP contribution is -2.49. The van der Waals surface area contributed by atoms with Crippen molar-refractivity contribution in [3.05, 3.63) is 50.7 Å². The van der Waals surface area contributed by atoms with Crippen LogP contribution in [0.25, 0.3) is 0 Å². The van der Waals surface area contributed by atoms with Crippen molar-refractivity contribution in [2.75, 3.05) is 46.6 Å². The van der Waals surface area contributed by atoms with Gasteiger partial charge in [-0.15, -0.1) is 0 Å². The van der Waals surface area contributed by atoms with Crippen LogP contribution < -0.4 is 0 Å². The topological polar surface area (TPSA) is 112 Å². The number of hydrogen-bond donors (Lipinski definition) is 1. The zero-order valence-corrected chi connectivity index (χ0v) is 17.3. The second-order valence-electron chi connectivity index (χ2n) is 6.65. The highest BCUT2D eigenvalue weighted by Gasteiger charge is 2.34. The summed E-state index contributed by atoms with van der Waals surface area (Å²) in [5, 5.41) is 20.9. The highest BCUT2D eigenvalue weighted by molar-refractivity contribution is 6.29. The van der Waals surface area contributed by atoms with E-state index in [9.17, 15) is 14.9 Å². The summed E-state index contributed by atoms with van der Waals surface area (Å²) < 4.78 is 5.03. The SMILES string of the molecule is CCN(Cc1ccc(Cl)nc1)C1=C([N+](=O)[O-])CN(CC(=O)OCCCO)CN1C. The Morgan fingerprint density at radius 1 is 1.48 bits per heavy atom. The van der Waals surface area contributed by atoms with E-state index in [-0.39, 0.29) is 32.0 Å². The van der Waals surface area contributed by atoms with Crippen molar-refractivity contribution in [1.82, 2.24) is 19.7 Å². The number of pyridine rings is 1. The number of carbonyl (C=O) groups is 1. The molecule has 0 spiro atoms. The number of hydrogen-bond acceptors (Lipinski definition) is 9. The molecule has 0 aliphatic carbocycles. The Bertz CT molecular complexity index is 743. The minimum absolute atomic E-state index is 0.0191. The molecular weight excluding hydrogens is 402 g/mol. The number of aliphatic hydroxyl groups excluding tert-OH is 1. The van der Waals surface area contributed by atoms with E-state index in [1.807, 2.05) is 17.9 Å². The first-order chi connectivity index (χ1) is 13.8. The molecule has 0 bridgehead atoms. The molecule has 1 N–H and O–H groups in total. The van der Waals surface area contributed by atoms with E-state index in [2.05, 4.69) is 4.98 Å². The van der Waals surface area contributed by atoms with Gasteiger partial charge in [0.25, 0.3) is 5.70 Å². The number of aromatic nitrogens is 1. The number of nitro groups is 1. The second kappa shape index (κ2) is 10.9. The van der Waals surface area contributed by atoms with Gasteiger partial charge in [0.2, 0.25) is 0 Å². The maximum Gasteiger partial charge on any atom is 0.320 e. The molecule has 0 saturated heterocycles. The maximum atomic E-state index is 11.9. The number of nitrogens with zero attached hydrogens (tertiary/aromatic N) is 5. The fraction of sp³-hybridized carbons (Fsp3) is 0.556. The van der Waals surface area contributed by atoms with Crippen molar-refractivity contribution in [2.24, 2.45) is 0 Å². The molecule has 11 heteroatoms. The normalized spacial score (nSPS) is 14.8. The van der Waals surface area contributed by atoms with E-state index in [1.54, 1.807) is 29.1 Å². The number of esters is 1. The molecule has 0 fully saturated rings. The van der Waals surface area contributed by atoms with Crippen molar-refractivity contribution in [3.8, 4) is 0 Å². The quantitative estimate of drug-likeness (QED) is 0.193. The summed E-state index contributed by atoms with van der Waals surface area (Å²) in [7, 11) is 1.75. The van der Waals surface area contributed by atoms with Gasteiger partial charge in [0, 0.05) is 39.4 Å². The van der Waals surface area contributed by atoms with Gasteiger partial charge in [-0.2, -0.15) is 0 Å². The molecule has 0 unspecified atom stereocenters. The third kappa shape index (κ3) is 6.55. The highest BCUT2D eigenvalue weighted by Crippen LogP contribution is 2.23. The van der Waals surface area contributed by atoms with Crippen LogP contribution in [0.4, 0.5) is 0 Å². The summed E-state index contributed by atoms with van der Waals surface area (Å²) in [5.41, 5.74) is 0.903. The average molecular weight is 428 g/mol. The molecule has 0 amide bonds. The molecule has 1 aliphatic heterocycles. The van der Waals surface area contributed by atoms with E-state index in [1.165, 1.54) is 0 Å². The predicted octanol–water partition coefficient (Wildman–Crippen LogP) is 1.13. The van der Waals surface area contributed by atoms with Crippen LogP contribution in [0.1, 0.15) is 18.9 Å². The molecule has 0 atom stereocenters. The van der Waals surface area contributed by atoms with Gasteiger partial charge in [0.15, 0.2) is 5.82 Å². The molecular formula is C18H26ClN5O5. The Labute approximate surface area is 174 Å². The van der Waals surface area contributed by atoms with Crippen molar-refractivity contribution < 1.29 is 19.6 Å². The lowest BCUT2D eigenvalue weighted by molar-refractivity contribution is -0.433. The summed E-state index contributed by atoms with van der Waals surface area (Å²) in [6.45, 7) is 3.30. The van der Waals surface area contributed by atoms with Gasteiger partial charge in [-0.1, -0.05) is 17.7 Å². The summed E-state index contributed by atoms with van der Waals surface area (Å²) in [5.74, 6) is 0.0370. The Morgan fingerprint density at radius 2 is 2.24 bits per heavy atom. The number of carbonyl (C=O) groups excluding carboxylic acids is 1. The van der Waals surface area contributed by atoms with Gasteiger partial charge in [-0.25, -0.2) is 4.98 Å². The summed E-state index contributed by atoms with van der Waals surface area (Å²) >= 11 is 5.83. The Hall–Kier alpha value is -2.43. The minimum atomic E-state index is -0.474. The van der Waals surface area contributed by atoms with Crippen LogP contribution >= 0.6 is 11.6 Å². The van der Waals surface area contributed by atoms with Crippen molar-refractivity contribution in [1.29, 1.82) is 0 Å². The Morgan fingerprint density at radius 3 is 2.83 bits per heavy atom. The van der Waals surface area contributed by atoms with Gasteiger partial charge in [-0.05, 0) is 18.6 Å². The first-order valence-electron chi connectivity index (χ1n) is 9.28. The van der Waals surface area contributed by atoms with Crippen molar-refractivity contribution in [3.63, 3.8) is 0 Å². The van der Waals surface area contributed by atoms with Crippen LogP contribution in [-0.2, 0) is 16.1 Å². The molecule has 29 heavy (non-hydrogen) atoms. The number of ether oxygens (including phenoxy) is 1. The van der Waals surface area contributed by atoms with Gasteiger partial charge < -0.3 is 19.6 Å². The molecule has 0 saturated carbocycles. The summed E-state index contributed by atoms with van der Waals surface area (Å²) in [6, 6.07) is 3.52. The first-order valence-corrected chi connectivity index (χ1v) is 9.66. The van der Waals surface area contributed by atoms with Gasteiger partial charge in [-0.3, -0.25) is 19.8 Å². The van der Waals surface area contributed by atoms with Crippen LogP contribution in [0.15, 0.2) is 29.8 Å². The number of aliphatic hydroxyl groups is 1. The molecule has 1 aliphatic rings. The van der Waals surface area contributed by atoms with Gasteiger partial charge in [0.05, 0.1) is 31.3 Å². The van der Waals surface area contributed by atoms with E-state index >= 15 is 0 Å². The van der Waals surface area contributed by atoms with Crippen LogP contribution in [-0.4, -0.2) is 82.2 Å². The third-order valence-corrected chi connectivity index (χ3v) is 4.61. The maximum absolute atomic E-state index is 11.9. The number of rotatable bonds is 10. The Balaban J connectivity index is 2.16. The second-order valence-corrected chi connectivity index (χ2v) is 7.04. The largest absolute Gasteiger partial charge is 0.465 e. The standard InChI is InChI=1S/C18H26ClN5O5/c1-3-23(10-14-5-6-16(19)20-9-14)18-15(24(27)28)11-22(13-21(18)2)12-17(26)29-8-4-7-25/h5-6,9,25H,3-4,7-8,10-13H2,1-2H3. The van der Waals surface area contributed by atoms with E-state index in [0.717, 1.165) is 5.56 Å². The molecule has 2 rings (SSSR count). The van der Waals surface area contributed by atoms with E-state index in [4.69, 9.17) is 21.4 Å². The van der Waals surface area contributed by atoms with Gasteiger partial charge in [0.1, 0.15) is 5.15 Å². The lowest BCUT2D eigenvalue weighted by Gasteiger charge is -2.39. The molecule has 1 aromatic heterocycles. The van der Waals surface area contributed by atoms with Crippen LogP contribution in [0.3, 0.4) is 0 Å². The van der Waals surface area contributed by atoms with E-state index in [0.29, 0.717) is 37.2 Å². The molecule has 2 heterocycles. The average Bonchev–Trinajstić information content (AvgIpc) is 2.67. The zero-order valence-electron chi connectivity index (χ0n) is 16.6.